The second-order valence-electron chi connectivity index (χ2n) is 10.6. The molecule has 7 nitrogen and oxygen atoms in total. The molecule has 0 amide bonds. The van der Waals surface area contributed by atoms with Crippen LogP contribution >= 0.6 is 15.9 Å². The standard InChI is InChI=1S/C26H33BrO7/c1-14(2)17-11-10-15(3)12-18(17)32-22-20(31-13-16-8-6-5-7-9-16)25(23(28)34-22)19-21(30-4)33-24(29)26(19,25)27/h5-9,14-15,17-22H,10-13H2,1-4H3/t15-,17+,18-,19-,20+,21+,22-,25-,26-/m1/s1. The number of esters is 2. The van der Waals surface area contributed by atoms with E-state index in [0.717, 1.165) is 18.4 Å². The van der Waals surface area contributed by atoms with Crippen molar-refractivity contribution in [2.24, 2.45) is 29.1 Å². The number of hydrogen-bond donors (Lipinski definition) is 0. The number of rotatable bonds is 7. The molecular weight excluding hydrogens is 504 g/mol. The van der Waals surface area contributed by atoms with Crippen LogP contribution in [0.25, 0.3) is 0 Å². The number of cyclic esters (lactones) is 2. The molecule has 4 aliphatic rings. The van der Waals surface area contributed by atoms with Gasteiger partial charge in [-0.2, -0.15) is 0 Å². The SMILES string of the molecule is CO[C@H]1OC(=O)[C@]2(Br)[C@H]1[C@@]21C(=O)O[C@@H](O[C@@H]2C[C@H](C)CC[C@H]2C(C)C)[C@@H]1OCc1ccccc1. The number of halogens is 1. The van der Waals surface area contributed by atoms with Crippen LogP contribution in [0.15, 0.2) is 30.3 Å². The number of hydrogen-bond acceptors (Lipinski definition) is 7. The Kier molecular flexibility index (Phi) is 6.32. The summed E-state index contributed by atoms with van der Waals surface area (Å²) < 4.78 is 28.4. The molecule has 2 aliphatic heterocycles. The molecule has 1 aromatic carbocycles. The first-order chi connectivity index (χ1) is 16.2. The van der Waals surface area contributed by atoms with Crippen LogP contribution in [-0.2, 0) is 39.9 Å². The molecule has 2 saturated heterocycles. The monoisotopic (exact) mass is 536 g/mol. The minimum absolute atomic E-state index is 0.0467. The summed E-state index contributed by atoms with van der Waals surface area (Å²) >= 11 is 3.56. The van der Waals surface area contributed by atoms with Gasteiger partial charge < -0.3 is 23.7 Å². The van der Waals surface area contributed by atoms with Crippen molar-refractivity contribution in [2.45, 2.75) is 75.8 Å². The van der Waals surface area contributed by atoms with Crippen LogP contribution in [0.3, 0.4) is 0 Å². The normalized spacial score (nSPS) is 43.2. The number of benzene rings is 1. The van der Waals surface area contributed by atoms with E-state index in [1.165, 1.54) is 13.5 Å². The highest BCUT2D eigenvalue weighted by molar-refractivity contribution is 9.10. The molecule has 0 aromatic heterocycles. The van der Waals surface area contributed by atoms with Crippen LogP contribution in [0.4, 0.5) is 0 Å². The van der Waals surface area contributed by atoms with Gasteiger partial charge in [0, 0.05) is 7.11 Å². The molecule has 186 valence electrons. The maximum Gasteiger partial charge on any atom is 0.327 e. The lowest BCUT2D eigenvalue weighted by molar-refractivity contribution is -0.216. The van der Waals surface area contributed by atoms with Gasteiger partial charge in [0.05, 0.1) is 18.6 Å². The lowest BCUT2D eigenvalue weighted by atomic mass is 9.75. The Hall–Kier alpha value is -1.48. The minimum Gasteiger partial charge on any atom is -0.434 e. The average Bonchev–Trinajstić information content (AvgIpc) is 3.13. The molecule has 9 atom stereocenters. The molecule has 0 N–H and O–H groups in total. The van der Waals surface area contributed by atoms with Crippen LogP contribution in [0.5, 0.6) is 0 Å². The Morgan fingerprint density at radius 2 is 1.79 bits per heavy atom. The maximum atomic E-state index is 13.5. The fraction of sp³-hybridized carbons (Fsp3) is 0.692. The molecule has 4 fully saturated rings. The van der Waals surface area contributed by atoms with E-state index in [2.05, 4.69) is 36.7 Å². The summed E-state index contributed by atoms with van der Waals surface area (Å²) in [5.41, 5.74) is -0.293. The molecule has 0 bridgehead atoms. The number of fused-ring (bicyclic) bond motifs is 3. The molecule has 2 heterocycles. The molecule has 2 aliphatic carbocycles. The smallest absolute Gasteiger partial charge is 0.327 e. The van der Waals surface area contributed by atoms with Gasteiger partial charge in [0.1, 0.15) is 11.5 Å². The lowest BCUT2D eigenvalue weighted by Crippen LogP contribution is -2.45. The Balaban J connectivity index is 1.46. The third-order valence-electron chi connectivity index (χ3n) is 8.26. The van der Waals surface area contributed by atoms with Gasteiger partial charge in [0.25, 0.3) is 0 Å². The predicted molar refractivity (Wildman–Crippen MR) is 126 cm³/mol. The second-order valence-corrected chi connectivity index (χ2v) is 11.8. The Morgan fingerprint density at radius 3 is 2.47 bits per heavy atom. The topological polar surface area (TPSA) is 80.3 Å². The average molecular weight is 537 g/mol. The fourth-order valence-corrected chi connectivity index (χ4v) is 7.59. The summed E-state index contributed by atoms with van der Waals surface area (Å²) in [6, 6.07) is 9.73. The van der Waals surface area contributed by atoms with Gasteiger partial charge in [0.2, 0.25) is 12.6 Å². The Bertz CT molecular complexity index is 938. The molecule has 0 unspecified atom stereocenters. The zero-order chi connectivity index (χ0) is 24.3. The van der Waals surface area contributed by atoms with E-state index in [1.807, 2.05) is 30.3 Å². The Morgan fingerprint density at radius 1 is 1.09 bits per heavy atom. The van der Waals surface area contributed by atoms with E-state index in [1.54, 1.807) is 0 Å². The molecule has 34 heavy (non-hydrogen) atoms. The van der Waals surface area contributed by atoms with Crippen molar-refractivity contribution in [3.8, 4) is 0 Å². The number of alkyl halides is 1. The van der Waals surface area contributed by atoms with Crippen LogP contribution in [-0.4, -0.2) is 48.2 Å². The molecule has 5 rings (SSSR count). The fourth-order valence-electron chi connectivity index (χ4n) is 6.40. The number of carbonyl (C=O) groups is 2. The zero-order valence-electron chi connectivity index (χ0n) is 20.1. The number of methoxy groups -OCH3 is 1. The molecule has 0 radical (unpaired) electrons. The zero-order valence-corrected chi connectivity index (χ0v) is 21.7. The first-order valence-corrected chi connectivity index (χ1v) is 13.0. The predicted octanol–water partition coefficient (Wildman–Crippen LogP) is 4.21. The quantitative estimate of drug-likeness (QED) is 0.381. The van der Waals surface area contributed by atoms with Crippen LogP contribution in [0, 0.1) is 29.1 Å². The van der Waals surface area contributed by atoms with Crippen molar-refractivity contribution in [3.05, 3.63) is 35.9 Å². The van der Waals surface area contributed by atoms with Crippen LogP contribution in [0.2, 0.25) is 0 Å². The first kappa shape index (κ1) is 24.2. The summed E-state index contributed by atoms with van der Waals surface area (Å²) in [5, 5.41) is 0. The van der Waals surface area contributed by atoms with E-state index in [0.29, 0.717) is 17.8 Å². The molecule has 1 spiro atoms. The van der Waals surface area contributed by atoms with Gasteiger partial charge in [-0.3, -0.25) is 9.59 Å². The largest absolute Gasteiger partial charge is 0.434 e. The van der Waals surface area contributed by atoms with Crippen LogP contribution < -0.4 is 0 Å². The molecular formula is C26H33BrO7. The third-order valence-corrected chi connectivity index (χ3v) is 9.74. The first-order valence-electron chi connectivity index (χ1n) is 12.2. The van der Waals surface area contributed by atoms with Gasteiger partial charge in [-0.05, 0) is 36.2 Å². The van der Waals surface area contributed by atoms with Gasteiger partial charge in [-0.1, -0.05) is 73.5 Å². The number of ether oxygens (including phenoxy) is 5. The van der Waals surface area contributed by atoms with Crippen molar-refractivity contribution in [2.75, 3.05) is 7.11 Å². The minimum atomic E-state index is -1.25. The highest BCUT2D eigenvalue weighted by Crippen LogP contribution is 2.77. The molecule has 2 saturated carbocycles. The van der Waals surface area contributed by atoms with Crippen molar-refractivity contribution < 1.29 is 33.3 Å². The maximum absolute atomic E-state index is 13.5. The third kappa shape index (κ3) is 3.47. The summed E-state index contributed by atoms with van der Waals surface area (Å²) in [6.07, 6.45) is 0.570. The highest BCUT2D eigenvalue weighted by atomic mass is 79.9. The number of carbonyl (C=O) groups excluding carboxylic acids is 2. The lowest BCUT2D eigenvalue weighted by Gasteiger charge is -2.39. The van der Waals surface area contributed by atoms with Gasteiger partial charge in [-0.15, -0.1) is 0 Å². The van der Waals surface area contributed by atoms with Crippen molar-refractivity contribution >= 4 is 27.9 Å². The highest BCUT2D eigenvalue weighted by Gasteiger charge is 2.96. The second kappa shape index (κ2) is 8.87. The Labute approximate surface area is 208 Å². The van der Waals surface area contributed by atoms with Gasteiger partial charge in [0.15, 0.2) is 4.32 Å². The van der Waals surface area contributed by atoms with Gasteiger partial charge in [-0.25, -0.2) is 0 Å². The molecule has 1 aromatic rings. The summed E-state index contributed by atoms with van der Waals surface area (Å²) in [7, 11) is 1.47. The van der Waals surface area contributed by atoms with E-state index >= 15 is 0 Å². The van der Waals surface area contributed by atoms with Crippen molar-refractivity contribution in [1.29, 1.82) is 0 Å². The molecule has 8 heteroatoms. The summed E-state index contributed by atoms with van der Waals surface area (Å²) in [6.45, 7) is 6.92. The summed E-state index contributed by atoms with van der Waals surface area (Å²) in [5.74, 6) is -0.226. The van der Waals surface area contributed by atoms with Crippen molar-refractivity contribution in [1.82, 2.24) is 0 Å². The van der Waals surface area contributed by atoms with E-state index in [4.69, 9.17) is 23.7 Å². The van der Waals surface area contributed by atoms with Gasteiger partial charge >= 0.3 is 11.9 Å². The van der Waals surface area contributed by atoms with E-state index in [9.17, 15) is 9.59 Å². The van der Waals surface area contributed by atoms with Crippen molar-refractivity contribution in [3.63, 3.8) is 0 Å². The van der Waals surface area contributed by atoms with E-state index < -0.39 is 46.3 Å². The van der Waals surface area contributed by atoms with E-state index in [-0.39, 0.29) is 12.7 Å². The summed E-state index contributed by atoms with van der Waals surface area (Å²) in [4.78, 5) is 26.3. The van der Waals surface area contributed by atoms with Crippen LogP contribution in [0.1, 0.15) is 45.6 Å².